The smallest absolute Gasteiger partial charge is 0.215 e. The van der Waals surface area contributed by atoms with Crippen LogP contribution >= 0.6 is 34.8 Å². The van der Waals surface area contributed by atoms with Gasteiger partial charge in [-0.05, 0) is 47.5 Å². The maximum absolute atomic E-state index is 6.57. The molecule has 1 aliphatic rings. The maximum atomic E-state index is 6.57. The highest BCUT2D eigenvalue weighted by molar-refractivity contribution is 6.35. The van der Waals surface area contributed by atoms with Gasteiger partial charge < -0.3 is 24.5 Å². The van der Waals surface area contributed by atoms with E-state index in [1.165, 1.54) is 5.56 Å². The highest BCUT2D eigenvalue weighted by Crippen LogP contribution is 2.40. The number of halogens is 3. The summed E-state index contributed by atoms with van der Waals surface area (Å²) in [5.41, 5.74) is 8.87. The molecule has 0 bridgehead atoms. The van der Waals surface area contributed by atoms with Gasteiger partial charge in [0.05, 0.1) is 24.5 Å². The molecule has 10 heteroatoms. The monoisotopic (exact) mass is 626 g/mol. The first-order valence-corrected chi connectivity index (χ1v) is 14.9. The summed E-state index contributed by atoms with van der Waals surface area (Å²) in [5, 5.41) is 1.75. The van der Waals surface area contributed by atoms with Gasteiger partial charge in [-0.15, -0.1) is 0 Å². The Hall–Kier alpha value is -2.88. The van der Waals surface area contributed by atoms with Gasteiger partial charge in [0, 0.05) is 54.2 Å². The minimum Gasteiger partial charge on any atom is -0.491 e. The van der Waals surface area contributed by atoms with Crippen molar-refractivity contribution in [2.75, 3.05) is 32.8 Å². The van der Waals surface area contributed by atoms with Crippen LogP contribution in [0.3, 0.4) is 0 Å². The highest BCUT2D eigenvalue weighted by atomic mass is 35.5. The van der Waals surface area contributed by atoms with E-state index in [1.54, 1.807) is 24.7 Å². The van der Waals surface area contributed by atoms with E-state index >= 15 is 0 Å². The quantitative estimate of drug-likeness (QED) is 0.179. The molecule has 0 radical (unpaired) electrons. The van der Waals surface area contributed by atoms with Gasteiger partial charge in [0.25, 0.3) is 0 Å². The van der Waals surface area contributed by atoms with Crippen molar-refractivity contribution in [2.45, 2.75) is 25.0 Å². The van der Waals surface area contributed by atoms with E-state index in [-0.39, 0.29) is 6.10 Å². The van der Waals surface area contributed by atoms with E-state index in [1.807, 2.05) is 53.2 Å². The third-order valence-electron chi connectivity index (χ3n) is 6.91. The van der Waals surface area contributed by atoms with Crippen molar-refractivity contribution in [2.24, 2.45) is 5.73 Å². The molecule has 0 amide bonds. The molecule has 220 valence electrons. The first-order valence-electron chi connectivity index (χ1n) is 13.7. The Morgan fingerprint density at radius 3 is 2.55 bits per heavy atom. The number of hydrogen-bond donors (Lipinski definition) is 1. The van der Waals surface area contributed by atoms with E-state index in [9.17, 15) is 0 Å². The van der Waals surface area contributed by atoms with Gasteiger partial charge in [0.2, 0.25) is 5.79 Å². The number of imidazole rings is 1. The first-order chi connectivity index (χ1) is 20.4. The van der Waals surface area contributed by atoms with Crippen LogP contribution in [0.15, 0.2) is 91.5 Å². The number of rotatable bonds is 13. The second-order valence-electron chi connectivity index (χ2n) is 10.1. The van der Waals surface area contributed by atoms with Crippen molar-refractivity contribution in [1.29, 1.82) is 0 Å². The van der Waals surface area contributed by atoms with E-state index in [0.717, 1.165) is 36.0 Å². The Morgan fingerprint density at radius 2 is 1.83 bits per heavy atom. The van der Waals surface area contributed by atoms with Crippen molar-refractivity contribution in [3.63, 3.8) is 0 Å². The maximum Gasteiger partial charge on any atom is 0.215 e. The van der Waals surface area contributed by atoms with Gasteiger partial charge in [-0.1, -0.05) is 77.3 Å². The lowest BCUT2D eigenvalue weighted by Crippen LogP contribution is -2.34. The third-order valence-corrected chi connectivity index (χ3v) is 7.71. The standard InChI is InChI=1S/C32H33Cl3N4O3/c33-26-7-3-24(4-8-26)2-1-15-38(16-13-36)19-25-5-10-28(11-6-25)40-20-29-21-41-32(42-29,22-39-17-14-37-23-39)30-12-9-27(34)18-31(30)35/h1-12,14,17-18,23,29H,13,15-16,19-22,36H2/b2-1+. The van der Waals surface area contributed by atoms with Crippen LogP contribution in [-0.4, -0.2) is 53.4 Å². The molecule has 42 heavy (non-hydrogen) atoms. The summed E-state index contributed by atoms with van der Waals surface area (Å²) < 4.78 is 20.7. The Labute approximate surface area is 261 Å². The van der Waals surface area contributed by atoms with Gasteiger partial charge >= 0.3 is 0 Å². The molecular weight excluding hydrogens is 595 g/mol. The zero-order chi connectivity index (χ0) is 29.4. The van der Waals surface area contributed by atoms with Gasteiger partial charge in [-0.3, -0.25) is 4.90 Å². The number of hydrogen-bond acceptors (Lipinski definition) is 6. The molecule has 0 spiro atoms. The van der Waals surface area contributed by atoms with Crippen LogP contribution in [0.2, 0.25) is 15.1 Å². The van der Waals surface area contributed by atoms with Gasteiger partial charge in [-0.25, -0.2) is 4.98 Å². The fourth-order valence-corrected chi connectivity index (χ4v) is 5.52. The molecule has 4 aromatic rings. The number of aromatic nitrogens is 2. The SMILES string of the molecule is NCCN(C/C=C/c1ccc(Cl)cc1)Cc1ccc(OCC2COC(Cn3ccnc3)(c3ccc(Cl)cc3Cl)O2)cc1. The van der Waals surface area contributed by atoms with Crippen LogP contribution in [0.25, 0.3) is 6.08 Å². The van der Waals surface area contributed by atoms with Crippen molar-refractivity contribution >= 4 is 40.9 Å². The second-order valence-corrected chi connectivity index (χ2v) is 11.4. The third kappa shape index (κ3) is 8.14. The van der Waals surface area contributed by atoms with Crippen LogP contribution in [0.4, 0.5) is 0 Å². The average Bonchev–Trinajstić information content (AvgIpc) is 3.64. The molecule has 2 N–H and O–H groups in total. The summed E-state index contributed by atoms with van der Waals surface area (Å²) in [6.07, 6.45) is 9.22. The topological polar surface area (TPSA) is 74.8 Å². The van der Waals surface area contributed by atoms with Crippen molar-refractivity contribution in [1.82, 2.24) is 14.5 Å². The minimum absolute atomic E-state index is 0.299. The van der Waals surface area contributed by atoms with Crippen molar-refractivity contribution in [3.8, 4) is 5.75 Å². The fraction of sp³-hybridized carbons (Fsp3) is 0.281. The number of benzene rings is 3. The zero-order valence-electron chi connectivity index (χ0n) is 23.0. The molecule has 5 rings (SSSR count). The van der Waals surface area contributed by atoms with E-state index in [2.05, 4.69) is 34.2 Å². The van der Waals surface area contributed by atoms with Gasteiger partial charge in [0.1, 0.15) is 18.5 Å². The Kier molecular flexibility index (Phi) is 10.6. The second kappa shape index (κ2) is 14.5. The summed E-state index contributed by atoms with van der Waals surface area (Å²) in [6, 6.07) is 21.2. The van der Waals surface area contributed by atoms with Crippen molar-refractivity contribution < 1.29 is 14.2 Å². The zero-order valence-corrected chi connectivity index (χ0v) is 25.3. The summed E-state index contributed by atoms with van der Waals surface area (Å²) in [6.45, 7) is 4.00. The molecule has 2 unspecified atom stereocenters. The lowest BCUT2D eigenvalue weighted by molar-refractivity contribution is -0.189. The molecule has 7 nitrogen and oxygen atoms in total. The predicted octanol–water partition coefficient (Wildman–Crippen LogP) is 6.66. The molecule has 1 aliphatic heterocycles. The molecule has 1 fully saturated rings. The van der Waals surface area contributed by atoms with Crippen molar-refractivity contribution in [3.05, 3.63) is 123 Å². The largest absolute Gasteiger partial charge is 0.491 e. The average molecular weight is 628 g/mol. The summed E-state index contributed by atoms with van der Waals surface area (Å²) in [5.74, 6) is -0.332. The normalized spacial score (nSPS) is 18.7. The Morgan fingerprint density at radius 1 is 1.05 bits per heavy atom. The minimum atomic E-state index is -1.09. The highest BCUT2D eigenvalue weighted by Gasteiger charge is 2.45. The number of nitrogens with two attached hydrogens (primary N) is 1. The van der Waals surface area contributed by atoms with Gasteiger partial charge in [-0.2, -0.15) is 0 Å². The summed E-state index contributed by atoms with van der Waals surface area (Å²) >= 11 is 18.7. The fourth-order valence-electron chi connectivity index (χ4n) is 4.84. The van der Waals surface area contributed by atoms with Crippen LogP contribution in [0.1, 0.15) is 16.7 Å². The number of ether oxygens (including phenoxy) is 3. The Bertz CT molecular complexity index is 1450. The van der Waals surface area contributed by atoms with Crippen LogP contribution in [0.5, 0.6) is 5.75 Å². The lowest BCUT2D eigenvalue weighted by atomic mass is 10.1. The Balaban J connectivity index is 1.17. The predicted molar refractivity (Wildman–Crippen MR) is 168 cm³/mol. The molecule has 0 aliphatic carbocycles. The first kappa shape index (κ1) is 30.6. The lowest BCUT2D eigenvalue weighted by Gasteiger charge is -2.30. The molecule has 1 saturated heterocycles. The molecule has 0 saturated carbocycles. The van der Waals surface area contributed by atoms with Crippen LogP contribution < -0.4 is 10.5 Å². The van der Waals surface area contributed by atoms with Gasteiger partial charge in [0.15, 0.2) is 0 Å². The van der Waals surface area contributed by atoms with E-state index in [0.29, 0.717) is 41.9 Å². The molecule has 3 aromatic carbocycles. The molecular formula is C32H33Cl3N4O3. The number of nitrogens with zero attached hydrogens (tertiary/aromatic N) is 3. The van der Waals surface area contributed by atoms with Crippen LogP contribution in [0, 0.1) is 0 Å². The molecule has 2 atom stereocenters. The molecule has 2 heterocycles. The van der Waals surface area contributed by atoms with Crippen LogP contribution in [-0.2, 0) is 28.4 Å². The van der Waals surface area contributed by atoms with E-state index < -0.39 is 5.79 Å². The summed E-state index contributed by atoms with van der Waals surface area (Å²) in [4.78, 5) is 6.44. The summed E-state index contributed by atoms with van der Waals surface area (Å²) in [7, 11) is 0. The van der Waals surface area contributed by atoms with E-state index in [4.69, 9.17) is 54.7 Å². The molecule has 1 aromatic heterocycles.